The average Bonchev–Trinajstić information content (AvgIpc) is 2.45. The van der Waals surface area contributed by atoms with Crippen molar-refractivity contribution in [2.24, 2.45) is 0 Å². The quantitative estimate of drug-likeness (QED) is 0.459. The standard InChI is InChI=1S/C14H28O6S/c1-3-5-6-18-7-8-19-9-10-20-11-12-21(17)13(4-2)14(15)16/h13H,3-12H2,1-2H3,(H,15,16). The van der Waals surface area contributed by atoms with Crippen molar-refractivity contribution in [3.8, 4) is 0 Å². The van der Waals surface area contributed by atoms with E-state index in [1.165, 1.54) is 0 Å². The van der Waals surface area contributed by atoms with Crippen LogP contribution in [0, 0.1) is 0 Å². The number of ether oxygens (including phenoxy) is 3. The molecule has 7 heteroatoms. The van der Waals surface area contributed by atoms with Gasteiger partial charge >= 0.3 is 5.97 Å². The Morgan fingerprint density at radius 1 is 1.00 bits per heavy atom. The van der Waals surface area contributed by atoms with E-state index >= 15 is 0 Å². The molecule has 0 amide bonds. The van der Waals surface area contributed by atoms with E-state index < -0.39 is 22.0 Å². The van der Waals surface area contributed by atoms with Gasteiger partial charge in [0.1, 0.15) is 5.25 Å². The van der Waals surface area contributed by atoms with Crippen molar-refractivity contribution in [1.82, 2.24) is 0 Å². The molecule has 0 fully saturated rings. The molecule has 2 atom stereocenters. The van der Waals surface area contributed by atoms with E-state index in [9.17, 15) is 9.00 Å². The van der Waals surface area contributed by atoms with Crippen LogP contribution >= 0.6 is 0 Å². The van der Waals surface area contributed by atoms with Gasteiger partial charge in [-0.15, -0.1) is 0 Å². The highest BCUT2D eigenvalue weighted by Crippen LogP contribution is 2.02. The summed E-state index contributed by atoms with van der Waals surface area (Å²) in [5, 5.41) is 8.05. The van der Waals surface area contributed by atoms with Crippen molar-refractivity contribution in [2.75, 3.05) is 45.4 Å². The van der Waals surface area contributed by atoms with Gasteiger partial charge in [-0.3, -0.25) is 9.00 Å². The molecular weight excluding hydrogens is 296 g/mol. The summed E-state index contributed by atoms with van der Waals surface area (Å²) in [6.45, 7) is 6.88. The molecular formula is C14H28O6S. The lowest BCUT2D eigenvalue weighted by molar-refractivity contribution is -0.136. The van der Waals surface area contributed by atoms with Crippen LogP contribution in [-0.4, -0.2) is 65.9 Å². The van der Waals surface area contributed by atoms with Crippen molar-refractivity contribution in [1.29, 1.82) is 0 Å². The van der Waals surface area contributed by atoms with Crippen molar-refractivity contribution in [2.45, 2.75) is 38.4 Å². The molecule has 1 N–H and O–H groups in total. The fourth-order valence-electron chi connectivity index (χ4n) is 1.54. The van der Waals surface area contributed by atoms with E-state index in [0.29, 0.717) is 32.8 Å². The number of carbonyl (C=O) groups is 1. The summed E-state index contributed by atoms with van der Waals surface area (Å²) in [4.78, 5) is 10.8. The number of aliphatic carboxylic acids is 1. The third-order valence-electron chi connectivity index (χ3n) is 2.78. The SMILES string of the molecule is CCCCOCCOCCOCCS(=O)C(CC)C(=O)O. The summed E-state index contributed by atoms with van der Waals surface area (Å²) in [5.41, 5.74) is 0. The highest BCUT2D eigenvalue weighted by atomic mass is 32.2. The third kappa shape index (κ3) is 11.8. The van der Waals surface area contributed by atoms with Crippen LogP contribution in [-0.2, 0) is 29.8 Å². The van der Waals surface area contributed by atoms with Gasteiger partial charge in [0.15, 0.2) is 0 Å². The Kier molecular flexibility index (Phi) is 14.1. The smallest absolute Gasteiger partial charge is 0.319 e. The van der Waals surface area contributed by atoms with E-state index in [1.807, 2.05) is 0 Å². The topological polar surface area (TPSA) is 82.1 Å². The summed E-state index contributed by atoms with van der Waals surface area (Å²) in [7, 11) is -1.39. The van der Waals surface area contributed by atoms with E-state index in [0.717, 1.165) is 19.4 Å². The van der Waals surface area contributed by atoms with Crippen molar-refractivity contribution < 1.29 is 28.3 Å². The van der Waals surface area contributed by atoms with Gasteiger partial charge < -0.3 is 19.3 Å². The second-order valence-corrected chi connectivity index (χ2v) is 6.25. The lowest BCUT2D eigenvalue weighted by atomic mass is 10.3. The Morgan fingerprint density at radius 3 is 2.00 bits per heavy atom. The van der Waals surface area contributed by atoms with Crippen molar-refractivity contribution in [3.05, 3.63) is 0 Å². The van der Waals surface area contributed by atoms with Crippen LogP contribution in [0.25, 0.3) is 0 Å². The van der Waals surface area contributed by atoms with Crippen molar-refractivity contribution in [3.63, 3.8) is 0 Å². The third-order valence-corrected chi connectivity index (χ3v) is 4.52. The van der Waals surface area contributed by atoms with Crippen LogP contribution in [0.4, 0.5) is 0 Å². The Labute approximate surface area is 129 Å². The minimum atomic E-state index is -1.39. The molecule has 126 valence electrons. The monoisotopic (exact) mass is 324 g/mol. The highest BCUT2D eigenvalue weighted by molar-refractivity contribution is 7.86. The van der Waals surface area contributed by atoms with E-state index in [-0.39, 0.29) is 12.4 Å². The average molecular weight is 324 g/mol. The van der Waals surface area contributed by atoms with Gasteiger partial charge in [0.25, 0.3) is 0 Å². The highest BCUT2D eigenvalue weighted by Gasteiger charge is 2.21. The fraction of sp³-hybridized carbons (Fsp3) is 0.929. The number of carboxylic acids is 1. The lowest BCUT2D eigenvalue weighted by Crippen LogP contribution is -2.28. The number of hydrogen-bond acceptors (Lipinski definition) is 5. The minimum absolute atomic E-state index is 0.241. The van der Waals surface area contributed by atoms with E-state index in [1.54, 1.807) is 6.92 Å². The van der Waals surface area contributed by atoms with Crippen molar-refractivity contribution >= 4 is 16.8 Å². The maximum absolute atomic E-state index is 11.7. The lowest BCUT2D eigenvalue weighted by Gasteiger charge is -2.10. The predicted molar refractivity (Wildman–Crippen MR) is 82.1 cm³/mol. The molecule has 0 rings (SSSR count). The normalized spacial score (nSPS) is 14.0. The van der Waals surface area contributed by atoms with Gasteiger partial charge in [-0.1, -0.05) is 20.3 Å². The largest absolute Gasteiger partial charge is 0.480 e. The zero-order chi connectivity index (χ0) is 15.9. The van der Waals surface area contributed by atoms with E-state index in [4.69, 9.17) is 19.3 Å². The van der Waals surface area contributed by atoms with Gasteiger partial charge in [0.05, 0.1) is 33.0 Å². The molecule has 21 heavy (non-hydrogen) atoms. The first-order valence-electron chi connectivity index (χ1n) is 7.46. The molecule has 0 aliphatic carbocycles. The number of unbranched alkanes of at least 4 members (excludes halogenated alkanes) is 1. The van der Waals surface area contributed by atoms with Gasteiger partial charge in [0, 0.05) is 23.2 Å². The van der Waals surface area contributed by atoms with Gasteiger partial charge in [0.2, 0.25) is 0 Å². The van der Waals surface area contributed by atoms with Gasteiger partial charge in [-0.2, -0.15) is 0 Å². The van der Waals surface area contributed by atoms with Crippen LogP contribution in [0.2, 0.25) is 0 Å². The molecule has 0 saturated carbocycles. The summed E-state index contributed by atoms with van der Waals surface area (Å²) in [6, 6.07) is 0. The van der Waals surface area contributed by atoms with Gasteiger partial charge in [-0.05, 0) is 12.8 Å². The first-order valence-corrected chi connectivity index (χ1v) is 8.84. The molecule has 0 saturated heterocycles. The Hall–Kier alpha value is -0.500. The molecule has 0 radical (unpaired) electrons. The van der Waals surface area contributed by atoms with E-state index in [2.05, 4.69) is 6.92 Å². The number of rotatable bonds is 15. The Bertz CT molecular complexity index is 285. The molecule has 0 heterocycles. The zero-order valence-corrected chi connectivity index (χ0v) is 13.9. The Morgan fingerprint density at radius 2 is 1.52 bits per heavy atom. The van der Waals surface area contributed by atoms with Crippen LogP contribution < -0.4 is 0 Å². The molecule has 6 nitrogen and oxygen atoms in total. The van der Waals surface area contributed by atoms with Crippen LogP contribution in [0.1, 0.15) is 33.1 Å². The second-order valence-electron chi connectivity index (χ2n) is 4.51. The first-order chi connectivity index (χ1) is 10.1. The minimum Gasteiger partial charge on any atom is -0.480 e. The Balaban J connectivity index is 3.36. The van der Waals surface area contributed by atoms with Gasteiger partial charge in [-0.25, -0.2) is 0 Å². The zero-order valence-electron chi connectivity index (χ0n) is 13.0. The summed E-state index contributed by atoms with van der Waals surface area (Å²) < 4.78 is 27.6. The molecule has 0 aliphatic heterocycles. The summed E-state index contributed by atoms with van der Waals surface area (Å²) in [6.07, 6.45) is 2.55. The van der Waals surface area contributed by atoms with Crippen LogP contribution in [0.3, 0.4) is 0 Å². The molecule has 0 spiro atoms. The first kappa shape index (κ1) is 20.5. The maximum Gasteiger partial charge on any atom is 0.319 e. The number of carboxylic acid groups (broad SMARTS) is 1. The molecule has 0 aliphatic rings. The van der Waals surface area contributed by atoms with Crippen LogP contribution in [0.5, 0.6) is 0 Å². The van der Waals surface area contributed by atoms with Crippen LogP contribution in [0.15, 0.2) is 0 Å². The summed E-state index contributed by atoms with van der Waals surface area (Å²) in [5.74, 6) is -0.771. The summed E-state index contributed by atoms with van der Waals surface area (Å²) >= 11 is 0. The maximum atomic E-state index is 11.7. The predicted octanol–water partition coefficient (Wildman–Crippen LogP) is 1.45. The molecule has 0 aromatic rings. The molecule has 0 aromatic carbocycles. The fourth-order valence-corrected chi connectivity index (χ4v) is 2.71. The second kappa shape index (κ2) is 14.4. The molecule has 0 bridgehead atoms. The molecule has 0 aromatic heterocycles. The number of hydrogen-bond donors (Lipinski definition) is 1. The molecule has 2 unspecified atom stereocenters.